The van der Waals surface area contributed by atoms with Gasteiger partial charge in [-0.15, -0.1) is 0 Å². The van der Waals surface area contributed by atoms with Gasteiger partial charge in [0.2, 0.25) is 0 Å². The monoisotopic (exact) mass is 431 g/mol. The lowest BCUT2D eigenvalue weighted by molar-refractivity contribution is 0.102. The molecule has 6 heteroatoms. The Balaban J connectivity index is 2.34. The van der Waals surface area contributed by atoms with E-state index in [4.69, 9.17) is 21.1 Å². The third kappa shape index (κ3) is 3.47. The summed E-state index contributed by atoms with van der Waals surface area (Å²) < 4.78 is 11.3. The molecule has 0 atom stereocenters. The van der Waals surface area contributed by atoms with E-state index in [0.29, 0.717) is 27.8 Å². The molecule has 0 saturated heterocycles. The average molecular weight is 432 g/mol. The molecule has 0 aliphatic heterocycles. The number of hydrogen-bond donors (Lipinski definition) is 1. The molecule has 0 unspecified atom stereocenters. The summed E-state index contributed by atoms with van der Waals surface area (Å²) in [7, 11) is 3.10. The Bertz CT molecular complexity index is 719. The van der Waals surface area contributed by atoms with Gasteiger partial charge < -0.3 is 14.8 Å². The highest BCUT2D eigenvalue weighted by molar-refractivity contribution is 14.1. The Labute approximate surface area is 147 Å². The fraction of sp³-hybridized carbons (Fsp3) is 0.188. The van der Waals surface area contributed by atoms with Gasteiger partial charge in [0.15, 0.2) is 11.5 Å². The van der Waals surface area contributed by atoms with Gasteiger partial charge in [-0.3, -0.25) is 4.79 Å². The van der Waals surface area contributed by atoms with Gasteiger partial charge in [0.1, 0.15) is 0 Å². The lowest BCUT2D eigenvalue weighted by Crippen LogP contribution is -2.13. The van der Waals surface area contributed by atoms with Crippen molar-refractivity contribution in [3.05, 3.63) is 50.1 Å². The van der Waals surface area contributed by atoms with Crippen LogP contribution in [0.3, 0.4) is 0 Å². The molecular weight excluding hydrogens is 417 g/mol. The molecule has 4 nitrogen and oxygen atoms in total. The topological polar surface area (TPSA) is 47.6 Å². The van der Waals surface area contributed by atoms with Gasteiger partial charge in [0.25, 0.3) is 5.91 Å². The lowest BCUT2D eigenvalue weighted by atomic mass is 10.1. The van der Waals surface area contributed by atoms with Gasteiger partial charge >= 0.3 is 0 Å². The summed E-state index contributed by atoms with van der Waals surface area (Å²) in [6.45, 7) is 1.86. The number of methoxy groups -OCH3 is 2. The van der Waals surface area contributed by atoms with Crippen molar-refractivity contribution in [1.82, 2.24) is 0 Å². The second kappa shape index (κ2) is 7.19. The quantitative estimate of drug-likeness (QED) is 0.724. The summed E-state index contributed by atoms with van der Waals surface area (Å²) in [4.78, 5) is 12.4. The Hall–Kier alpha value is -1.47. The molecule has 0 fully saturated rings. The summed E-state index contributed by atoms with van der Waals surface area (Å²) in [6, 6.07) is 8.79. The van der Waals surface area contributed by atoms with E-state index in [1.54, 1.807) is 31.4 Å². The second-order valence-corrected chi connectivity index (χ2v) is 6.13. The van der Waals surface area contributed by atoms with E-state index in [-0.39, 0.29) is 5.91 Å². The van der Waals surface area contributed by atoms with Crippen LogP contribution in [-0.4, -0.2) is 20.1 Å². The molecule has 0 aliphatic carbocycles. The summed E-state index contributed by atoms with van der Waals surface area (Å²) in [5, 5.41) is 3.47. The van der Waals surface area contributed by atoms with Crippen molar-refractivity contribution in [2.24, 2.45) is 0 Å². The first-order chi connectivity index (χ1) is 10.5. The van der Waals surface area contributed by atoms with Crippen molar-refractivity contribution >= 4 is 45.8 Å². The number of carbonyl (C=O) groups is 1. The lowest BCUT2D eigenvalue weighted by Gasteiger charge is -2.13. The van der Waals surface area contributed by atoms with Crippen LogP contribution in [0.4, 0.5) is 5.69 Å². The number of rotatable bonds is 4. The highest BCUT2D eigenvalue weighted by atomic mass is 127. The molecule has 22 heavy (non-hydrogen) atoms. The van der Waals surface area contributed by atoms with Crippen molar-refractivity contribution in [2.75, 3.05) is 19.5 Å². The van der Waals surface area contributed by atoms with E-state index >= 15 is 0 Å². The number of anilines is 1. The van der Waals surface area contributed by atoms with Gasteiger partial charge in [0, 0.05) is 16.3 Å². The van der Waals surface area contributed by atoms with Crippen molar-refractivity contribution < 1.29 is 14.3 Å². The van der Waals surface area contributed by atoms with E-state index in [1.165, 1.54) is 7.11 Å². The zero-order chi connectivity index (χ0) is 16.3. The molecule has 1 amide bonds. The summed E-state index contributed by atoms with van der Waals surface area (Å²) in [6.07, 6.45) is 0. The molecule has 2 aromatic rings. The number of halogens is 2. The van der Waals surface area contributed by atoms with Gasteiger partial charge in [-0.2, -0.15) is 0 Å². The van der Waals surface area contributed by atoms with Crippen LogP contribution < -0.4 is 14.8 Å². The van der Waals surface area contributed by atoms with E-state index in [1.807, 2.05) is 13.0 Å². The van der Waals surface area contributed by atoms with Crippen LogP contribution in [0.5, 0.6) is 11.5 Å². The molecule has 116 valence electrons. The van der Waals surface area contributed by atoms with Gasteiger partial charge in [-0.05, 0) is 59.3 Å². The first-order valence-corrected chi connectivity index (χ1v) is 7.91. The maximum atomic E-state index is 12.4. The van der Waals surface area contributed by atoms with Crippen LogP contribution in [-0.2, 0) is 0 Å². The van der Waals surface area contributed by atoms with Crippen LogP contribution in [0.25, 0.3) is 0 Å². The third-order valence-corrected chi connectivity index (χ3v) is 4.42. The molecule has 1 N–H and O–H groups in total. The maximum absolute atomic E-state index is 12.4. The average Bonchev–Trinajstić information content (AvgIpc) is 2.50. The van der Waals surface area contributed by atoms with Crippen molar-refractivity contribution in [2.45, 2.75) is 6.92 Å². The minimum atomic E-state index is -0.232. The molecule has 0 bridgehead atoms. The number of nitrogens with one attached hydrogen (secondary N) is 1. The van der Waals surface area contributed by atoms with Crippen LogP contribution in [0.1, 0.15) is 15.9 Å². The molecule has 2 aromatic carbocycles. The fourth-order valence-electron chi connectivity index (χ4n) is 1.99. The molecule has 0 aliphatic rings. The molecular formula is C16H15ClINO3. The van der Waals surface area contributed by atoms with Crippen LogP contribution >= 0.6 is 34.2 Å². The van der Waals surface area contributed by atoms with E-state index in [9.17, 15) is 4.79 Å². The van der Waals surface area contributed by atoms with Crippen molar-refractivity contribution in [1.29, 1.82) is 0 Å². The van der Waals surface area contributed by atoms with E-state index in [2.05, 4.69) is 27.9 Å². The summed E-state index contributed by atoms with van der Waals surface area (Å²) >= 11 is 8.17. The van der Waals surface area contributed by atoms with Crippen molar-refractivity contribution in [3.8, 4) is 11.5 Å². The smallest absolute Gasteiger partial charge is 0.255 e. The highest BCUT2D eigenvalue weighted by Crippen LogP contribution is 2.34. The van der Waals surface area contributed by atoms with E-state index in [0.717, 1.165) is 9.13 Å². The maximum Gasteiger partial charge on any atom is 0.255 e. The Morgan fingerprint density at radius 1 is 1.23 bits per heavy atom. The fourth-order valence-corrected chi connectivity index (χ4v) is 2.98. The van der Waals surface area contributed by atoms with Gasteiger partial charge in [0.05, 0.1) is 17.8 Å². The number of ether oxygens (including phenoxy) is 2. The Morgan fingerprint density at radius 2 is 1.95 bits per heavy atom. The van der Waals surface area contributed by atoms with Gasteiger partial charge in [-0.25, -0.2) is 0 Å². The highest BCUT2D eigenvalue weighted by Gasteiger charge is 2.15. The minimum absolute atomic E-state index is 0.232. The first kappa shape index (κ1) is 16.9. The minimum Gasteiger partial charge on any atom is -0.493 e. The largest absolute Gasteiger partial charge is 0.493 e. The predicted octanol–water partition coefficient (Wildman–Crippen LogP) is 4.52. The number of benzene rings is 2. The number of hydrogen-bond acceptors (Lipinski definition) is 3. The second-order valence-electron chi connectivity index (χ2n) is 4.56. The first-order valence-electron chi connectivity index (χ1n) is 6.46. The zero-order valence-electron chi connectivity index (χ0n) is 12.4. The SMILES string of the molecule is COc1cc(C(=O)Nc2cccc(Cl)c2C)cc(I)c1OC. The van der Waals surface area contributed by atoms with Crippen LogP contribution in [0, 0.1) is 10.5 Å². The van der Waals surface area contributed by atoms with Crippen LogP contribution in [0.15, 0.2) is 30.3 Å². The Kier molecular flexibility index (Phi) is 5.52. The molecule has 0 aromatic heterocycles. The molecule has 0 saturated carbocycles. The van der Waals surface area contributed by atoms with Gasteiger partial charge in [-0.1, -0.05) is 17.7 Å². The number of amides is 1. The summed E-state index contributed by atoms with van der Waals surface area (Å²) in [5.41, 5.74) is 2.00. The Morgan fingerprint density at radius 3 is 2.59 bits per heavy atom. The number of carbonyl (C=O) groups excluding carboxylic acids is 1. The summed E-state index contributed by atoms with van der Waals surface area (Å²) in [5.74, 6) is 0.894. The normalized spacial score (nSPS) is 10.2. The van der Waals surface area contributed by atoms with Crippen LogP contribution in [0.2, 0.25) is 5.02 Å². The van der Waals surface area contributed by atoms with E-state index < -0.39 is 0 Å². The third-order valence-electron chi connectivity index (χ3n) is 3.21. The zero-order valence-corrected chi connectivity index (χ0v) is 15.3. The molecule has 0 radical (unpaired) electrons. The molecule has 2 rings (SSSR count). The van der Waals surface area contributed by atoms with Crippen molar-refractivity contribution in [3.63, 3.8) is 0 Å². The molecule has 0 heterocycles. The standard InChI is InChI=1S/C16H15ClINO3/c1-9-11(17)5-4-6-13(9)19-16(20)10-7-12(18)15(22-3)14(8-10)21-2/h4-8H,1-3H3,(H,19,20). The predicted molar refractivity (Wildman–Crippen MR) is 96.4 cm³/mol. The molecule has 0 spiro atoms.